The Morgan fingerprint density at radius 3 is 2.63 bits per heavy atom. The van der Waals surface area contributed by atoms with Gasteiger partial charge < -0.3 is 10.4 Å². The van der Waals surface area contributed by atoms with Crippen LogP contribution >= 0.6 is 11.6 Å². The fraction of sp³-hybridized carbons (Fsp3) is 0.143. The lowest BCUT2D eigenvalue weighted by Crippen LogP contribution is -2.14. The van der Waals surface area contributed by atoms with Crippen LogP contribution in [0, 0.1) is 13.8 Å². The first-order valence-electron chi connectivity index (χ1n) is 5.71. The number of phenols is 1. The summed E-state index contributed by atoms with van der Waals surface area (Å²) in [6.45, 7) is 3.65. The van der Waals surface area contributed by atoms with E-state index in [0.717, 1.165) is 5.69 Å². The van der Waals surface area contributed by atoms with Crippen LogP contribution in [0.15, 0.2) is 30.3 Å². The SMILES string of the molecule is Cc1ccc(C(=O)Nc2ccc(O)c(Cl)c2)c(C)n1. The van der Waals surface area contributed by atoms with Crippen LogP contribution in [0.2, 0.25) is 5.02 Å². The van der Waals surface area contributed by atoms with Gasteiger partial charge in [-0.15, -0.1) is 0 Å². The zero-order chi connectivity index (χ0) is 14.0. The number of benzene rings is 1. The zero-order valence-electron chi connectivity index (χ0n) is 10.6. The van der Waals surface area contributed by atoms with Crippen molar-refractivity contribution in [3.8, 4) is 5.75 Å². The van der Waals surface area contributed by atoms with Crippen molar-refractivity contribution in [3.63, 3.8) is 0 Å². The van der Waals surface area contributed by atoms with E-state index >= 15 is 0 Å². The van der Waals surface area contributed by atoms with Crippen LogP contribution in [-0.4, -0.2) is 16.0 Å². The fourth-order valence-corrected chi connectivity index (χ4v) is 1.89. The number of amides is 1. The second kappa shape index (κ2) is 5.28. The molecule has 2 rings (SSSR count). The Labute approximate surface area is 116 Å². The molecule has 0 atom stereocenters. The lowest BCUT2D eigenvalue weighted by Gasteiger charge is -2.08. The molecule has 4 nitrogen and oxygen atoms in total. The van der Waals surface area contributed by atoms with Crippen LogP contribution < -0.4 is 5.32 Å². The number of nitrogens with one attached hydrogen (secondary N) is 1. The minimum atomic E-state index is -0.258. The molecule has 19 heavy (non-hydrogen) atoms. The van der Waals surface area contributed by atoms with E-state index in [4.69, 9.17) is 11.6 Å². The Morgan fingerprint density at radius 1 is 1.26 bits per heavy atom. The van der Waals surface area contributed by atoms with E-state index in [1.54, 1.807) is 25.1 Å². The minimum Gasteiger partial charge on any atom is -0.506 e. The largest absolute Gasteiger partial charge is 0.506 e. The molecule has 0 radical (unpaired) electrons. The highest BCUT2D eigenvalue weighted by molar-refractivity contribution is 6.32. The van der Waals surface area contributed by atoms with Crippen molar-refractivity contribution in [2.45, 2.75) is 13.8 Å². The number of carbonyl (C=O) groups excluding carboxylic acids is 1. The average Bonchev–Trinajstić information content (AvgIpc) is 2.33. The summed E-state index contributed by atoms with van der Waals surface area (Å²) in [5.74, 6) is -0.278. The summed E-state index contributed by atoms with van der Waals surface area (Å²) in [5, 5.41) is 12.2. The zero-order valence-corrected chi connectivity index (χ0v) is 11.3. The van der Waals surface area contributed by atoms with Crippen LogP contribution in [0.3, 0.4) is 0 Å². The Morgan fingerprint density at radius 2 is 2.00 bits per heavy atom. The summed E-state index contributed by atoms with van der Waals surface area (Å²) in [7, 11) is 0. The van der Waals surface area contributed by atoms with Gasteiger partial charge in [0.1, 0.15) is 5.75 Å². The van der Waals surface area contributed by atoms with Crippen LogP contribution in [0.25, 0.3) is 0 Å². The molecule has 1 amide bonds. The number of rotatable bonds is 2. The summed E-state index contributed by atoms with van der Waals surface area (Å²) in [6, 6.07) is 8.01. The maximum Gasteiger partial charge on any atom is 0.257 e. The third kappa shape index (κ3) is 3.03. The van der Waals surface area contributed by atoms with Crippen molar-refractivity contribution < 1.29 is 9.90 Å². The minimum absolute atomic E-state index is 0.0205. The highest BCUT2D eigenvalue weighted by Crippen LogP contribution is 2.26. The van der Waals surface area contributed by atoms with Crippen molar-refractivity contribution in [3.05, 3.63) is 52.3 Å². The number of phenolic OH excluding ortho intramolecular Hbond substituents is 1. The molecule has 0 saturated heterocycles. The standard InChI is InChI=1S/C14H13ClN2O2/c1-8-3-5-11(9(2)16-8)14(19)17-10-4-6-13(18)12(15)7-10/h3-7,18H,1-2H3,(H,17,19). The number of pyridine rings is 1. The van der Waals surface area contributed by atoms with Gasteiger partial charge in [0, 0.05) is 11.4 Å². The third-order valence-corrected chi connectivity index (χ3v) is 2.98. The first-order chi connectivity index (χ1) is 8.97. The summed E-state index contributed by atoms with van der Waals surface area (Å²) in [6.07, 6.45) is 0. The van der Waals surface area contributed by atoms with Gasteiger partial charge in [0.25, 0.3) is 5.91 Å². The monoisotopic (exact) mass is 276 g/mol. The second-order valence-corrected chi connectivity index (χ2v) is 4.61. The van der Waals surface area contributed by atoms with Crippen LogP contribution in [-0.2, 0) is 0 Å². The summed E-state index contributed by atoms with van der Waals surface area (Å²) < 4.78 is 0. The predicted octanol–water partition coefficient (Wildman–Crippen LogP) is 3.31. The molecule has 0 aliphatic rings. The van der Waals surface area contributed by atoms with Crippen molar-refractivity contribution in [1.29, 1.82) is 0 Å². The Bertz CT molecular complexity index is 641. The van der Waals surface area contributed by atoms with Crippen molar-refractivity contribution in [1.82, 2.24) is 4.98 Å². The topological polar surface area (TPSA) is 62.2 Å². The van der Waals surface area contributed by atoms with Gasteiger partial charge in [-0.25, -0.2) is 0 Å². The van der Waals surface area contributed by atoms with Crippen LogP contribution in [0.5, 0.6) is 5.75 Å². The lowest BCUT2D eigenvalue weighted by molar-refractivity contribution is 0.102. The normalized spacial score (nSPS) is 10.3. The van der Waals surface area contributed by atoms with Gasteiger partial charge in [-0.3, -0.25) is 9.78 Å². The molecule has 0 aliphatic heterocycles. The Kier molecular flexibility index (Phi) is 3.71. The average molecular weight is 277 g/mol. The number of aryl methyl sites for hydroxylation is 2. The maximum atomic E-state index is 12.1. The fourth-order valence-electron chi connectivity index (χ4n) is 1.71. The van der Waals surface area contributed by atoms with Crippen molar-refractivity contribution >= 4 is 23.2 Å². The van der Waals surface area contributed by atoms with E-state index < -0.39 is 0 Å². The number of hydrogen-bond donors (Lipinski definition) is 2. The van der Waals surface area contributed by atoms with E-state index in [0.29, 0.717) is 16.9 Å². The van der Waals surface area contributed by atoms with E-state index in [1.807, 2.05) is 6.92 Å². The molecule has 2 N–H and O–H groups in total. The Balaban J connectivity index is 2.23. The van der Waals surface area contributed by atoms with E-state index in [2.05, 4.69) is 10.3 Å². The molecule has 2 aromatic rings. The van der Waals surface area contributed by atoms with Crippen LogP contribution in [0.1, 0.15) is 21.7 Å². The molecular weight excluding hydrogens is 264 g/mol. The smallest absolute Gasteiger partial charge is 0.257 e. The first-order valence-corrected chi connectivity index (χ1v) is 6.09. The first kappa shape index (κ1) is 13.4. The lowest BCUT2D eigenvalue weighted by atomic mass is 10.1. The van der Waals surface area contributed by atoms with Gasteiger partial charge in [-0.1, -0.05) is 11.6 Å². The molecule has 98 valence electrons. The number of halogens is 1. The van der Waals surface area contributed by atoms with Gasteiger partial charge in [0.05, 0.1) is 16.3 Å². The summed E-state index contributed by atoms with van der Waals surface area (Å²) in [4.78, 5) is 16.3. The summed E-state index contributed by atoms with van der Waals surface area (Å²) >= 11 is 5.78. The van der Waals surface area contributed by atoms with Gasteiger partial charge in [-0.05, 0) is 44.2 Å². The number of aromatic hydroxyl groups is 1. The van der Waals surface area contributed by atoms with Gasteiger partial charge in [0.15, 0.2) is 0 Å². The van der Waals surface area contributed by atoms with Crippen molar-refractivity contribution in [2.75, 3.05) is 5.32 Å². The van der Waals surface area contributed by atoms with Gasteiger partial charge in [-0.2, -0.15) is 0 Å². The molecule has 0 spiro atoms. The Hall–Kier alpha value is -2.07. The molecule has 1 aromatic heterocycles. The molecule has 5 heteroatoms. The van der Waals surface area contributed by atoms with E-state index in [1.165, 1.54) is 12.1 Å². The maximum absolute atomic E-state index is 12.1. The molecule has 1 aromatic carbocycles. The molecule has 0 aliphatic carbocycles. The molecule has 1 heterocycles. The number of carbonyl (C=O) groups is 1. The quantitative estimate of drug-likeness (QED) is 0.827. The van der Waals surface area contributed by atoms with E-state index in [9.17, 15) is 9.90 Å². The summed E-state index contributed by atoms with van der Waals surface area (Å²) in [5.41, 5.74) is 2.56. The predicted molar refractivity (Wildman–Crippen MR) is 74.8 cm³/mol. The molecule has 0 saturated carbocycles. The highest BCUT2D eigenvalue weighted by Gasteiger charge is 2.11. The van der Waals surface area contributed by atoms with Gasteiger partial charge in [0.2, 0.25) is 0 Å². The number of anilines is 1. The molecule has 0 unspecified atom stereocenters. The highest BCUT2D eigenvalue weighted by atomic mass is 35.5. The number of nitrogens with zero attached hydrogens (tertiary/aromatic N) is 1. The number of hydrogen-bond acceptors (Lipinski definition) is 3. The van der Waals surface area contributed by atoms with Crippen LogP contribution in [0.4, 0.5) is 5.69 Å². The molecule has 0 bridgehead atoms. The molecule has 0 fully saturated rings. The van der Waals surface area contributed by atoms with Crippen molar-refractivity contribution in [2.24, 2.45) is 0 Å². The number of aromatic nitrogens is 1. The third-order valence-electron chi connectivity index (χ3n) is 2.68. The van der Waals surface area contributed by atoms with Gasteiger partial charge >= 0.3 is 0 Å². The second-order valence-electron chi connectivity index (χ2n) is 4.21. The van der Waals surface area contributed by atoms with E-state index in [-0.39, 0.29) is 16.7 Å². The molecular formula is C14H13ClN2O2.